The molecule has 5 nitrogen and oxygen atoms in total. The molecule has 1 aliphatic heterocycles. The molecule has 0 saturated carbocycles. The van der Waals surface area contributed by atoms with Crippen LogP contribution in [-0.4, -0.2) is 17.9 Å². The topological polar surface area (TPSA) is 81.8 Å². The first-order chi connectivity index (χ1) is 10.1. The van der Waals surface area contributed by atoms with Crippen LogP contribution in [0.3, 0.4) is 0 Å². The second kappa shape index (κ2) is 5.36. The Hall–Kier alpha value is -2.69. The first-order valence-electron chi connectivity index (χ1n) is 6.61. The van der Waals surface area contributed by atoms with Crippen LogP contribution in [-0.2, 0) is 11.2 Å². The van der Waals surface area contributed by atoms with Crippen molar-refractivity contribution in [2.45, 2.75) is 12.3 Å². The van der Waals surface area contributed by atoms with E-state index in [0.29, 0.717) is 29.2 Å². The van der Waals surface area contributed by atoms with Crippen LogP contribution in [0.1, 0.15) is 17.0 Å². The van der Waals surface area contributed by atoms with Crippen LogP contribution in [0.25, 0.3) is 0 Å². The van der Waals surface area contributed by atoms with Crippen molar-refractivity contribution in [3.05, 3.63) is 53.6 Å². The van der Waals surface area contributed by atoms with Crippen LogP contribution in [0, 0.1) is 0 Å². The van der Waals surface area contributed by atoms with E-state index in [9.17, 15) is 9.90 Å². The Morgan fingerprint density at radius 3 is 2.71 bits per heavy atom. The predicted octanol–water partition coefficient (Wildman–Crippen LogP) is 2.41. The first-order valence-corrected chi connectivity index (χ1v) is 6.61. The molecule has 0 amide bonds. The van der Waals surface area contributed by atoms with Gasteiger partial charge in [-0.2, -0.15) is 0 Å². The maximum atomic E-state index is 11.6. The van der Waals surface area contributed by atoms with Crippen LogP contribution in [0.5, 0.6) is 11.5 Å². The molecule has 2 aromatic rings. The summed E-state index contributed by atoms with van der Waals surface area (Å²) < 4.78 is 10.5. The van der Waals surface area contributed by atoms with Crippen LogP contribution in [0.4, 0.5) is 5.69 Å². The number of nitrogens with two attached hydrogens (primary N) is 1. The van der Waals surface area contributed by atoms with Gasteiger partial charge in [-0.1, -0.05) is 24.3 Å². The van der Waals surface area contributed by atoms with Gasteiger partial charge in [0.1, 0.15) is 0 Å². The summed E-state index contributed by atoms with van der Waals surface area (Å²) in [5, 5.41) is 9.51. The molecule has 1 atom stereocenters. The molecule has 1 unspecified atom stereocenters. The number of fused-ring (bicyclic) bond motifs is 1. The molecule has 2 aromatic carbocycles. The third kappa shape index (κ3) is 2.63. The molecular weight excluding hydrogens is 270 g/mol. The minimum Gasteiger partial charge on any atom is -0.481 e. The number of hydrogen-bond acceptors (Lipinski definition) is 4. The quantitative estimate of drug-likeness (QED) is 0.843. The van der Waals surface area contributed by atoms with E-state index < -0.39 is 11.9 Å². The fourth-order valence-electron chi connectivity index (χ4n) is 2.42. The summed E-state index contributed by atoms with van der Waals surface area (Å²) in [4.78, 5) is 11.6. The van der Waals surface area contributed by atoms with Gasteiger partial charge < -0.3 is 20.3 Å². The second-order valence-corrected chi connectivity index (χ2v) is 4.91. The fraction of sp³-hybridized carbons (Fsp3) is 0.188. The van der Waals surface area contributed by atoms with Crippen LogP contribution in [0.15, 0.2) is 42.5 Å². The van der Waals surface area contributed by atoms with E-state index in [-0.39, 0.29) is 6.79 Å². The zero-order valence-corrected chi connectivity index (χ0v) is 11.3. The van der Waals surface area contributed by atoms with Crippen molar-refractivity contribution in [3.63, 3.8) is 0 Å². The summed E-state index contributed by atoms with van der Waals surface area (Å²) in [5.74, 6) is -0.344. The van der Waals surface area contributed by atoms with Gasteiger partial charge in [0.25, 0.3) is 0 Å². The molecule has 1 heterocycles. The largest absolute Gasteiger partial charge is 0.481 e. The average Bonchev–Trinajstić information content (AvgIpc) is 2.93. The number of nitrogen functional groups attached to an aromatic ring is 1. The van der Waals surface area contributed by atoms with Gasteiger partial charge in [0.2, 0.25) is 6.79 Å². The third-order valence-electron chi connectivity index (χ3n) is 3.58. The van der Waals surface area contributed by atoms with Gasteiger partial charge in [-0.15, -0.1) is 0 Å². The van der Waals surface area contributed by atoms with Crippen molar-refractivity contribution in [1.29, 1.82) is 0 Å². The average molecular weight is 285 g/mol. The lowest BCUT2D eigenvalue weighted by molar-refractivity contribution is -0.138. The molecule has 0 bridgehead atoms. The van der Waals surface area contributed by atoms with Gasteiger partial charge in [0.15, 0.2) is 11.5 Å². The van der Waals surface area contributed by atoms with Crippen LogP contribution < -0.4 is 15.2 Å². The molecule has 5 heteroatoms. The van der Waals surface area contributed by atoms with Crippen molar-refractivity contribution < 1.29 is 19.4 Å². The number of carboxylic acids is 1. The maximum Gasteiger partial charge on any atom is 0.311 e. The van der Waals surface area contributed by atoms with E-state index >= 15 is 0 Å². The molecule has 0 spiro atoms. The Bertz CT molecular complexity index is 684. The number of rotatable bonds is 4. The molecule has 0 radical (unpaired) electrons. The van der Waals surface area contributed by atoms with E-state index in [0.717, 1.165) is 5.56 Å². The summed E-state index contributed by atoms with van der Waals surface area (Å²) in [6.07, 6.45) is 0.335. The molecule has 0 fully saturated rings. The number of ether oxygens (including phenoxy) is 2. The standard InChI is InChI=1S/C16H15NO4/c17-13-4-2-1-3-11(13)7-12(16(18)19)10-5-6-14-15(8-10)21-9-20-14/h1-6,8,12H,7,9,17H2,(H,18,19). The normalized spacial score (nSPS) is 13.9. The minimum absolute atomic E-state index is 0.169. The highest BCUT2D eigenvalue weighted by Gasteiger charge is 2.24. The van der Waals surface area contributed by atoms with Crippen molar-refractivity contribution in [3.8, 4) is 11.5 Å². The Kier molecular flexibility index (Phi) is 3.39. The summed E-state index contributed by atoms with van der Waals surface area (Å²) in [6, 6.07) is 12.5. The highest BCUT2D eigenvalue weighted by molar-refractivity contribution is 5.77. The number of carbonyl (C=O) groups is 1. The van der Waals surface area contributed by atoms with E-state index in [1.165, 1.54) is 0 Å². The molecule has 0 saturated heterocycles. The second-order valence-electron chi connectivity index (χ2n) is 4.91. The number of benzene rings is 2. The molecule has 108 valence electrons. The van der Waals surface area contributed by atoms with Crippen molar-refractivity contribution in [2.24, 2.45) is 0 Å². The molecule has 3 rings (SSSR count). The summed E-state index contributed by atoms with van der Waals surface area (Å²) in [7, 11) is 0. The Morgan fingerprint density at radius 2 is 1.95 bits per heavy atom. The smallest absolute Gasteiger partial charge is 0.311 e. The molecule has 0 aromatic heterocycles. The van der Waals surface area contributed by atoms with Gasteiger partial charge >= 0.3 is 5.97 Å². The molecule has 21 heavy (non-hydrogen) atoms. The summed E-state index contributed by atoms with van der Waals surface area (Å²) >= 11 is 0. The molecular formula is C16H15NO4. The van der Waals surface area contributed by atoms with Gasteiger partial charge in [-0.25, -0.2) is 0 Å². The van der Waals surface area contributed by atoms with Crippen molar-refractivity contribution >= 4 is 11.7 Å². The maximum absolute atomic E-state index is 11.6. The number of hydrogen-bond donors (Lipinski definition) is 2. The predicted molar refractivity (Wildman–Crippen MR) is 77.5 cm³/mol. The number of aliphatic carboxylic acids is 1. The lowest BCUT2D eigenvalue weighted by atomic mass is 9.91. The van der Waals surface area contributed by atoms with Gasteiger partial charge in [-0.3, -0.25) is 4.79 Å². The van der Waals surface area contributed by atoms with Crippen molar-refractivity contribution in [2.75, 3.05) is 12.5 Å². The van der Waals surface area contributed by atoms with E-state index in [1.807, 2.05) is 18.2 Å². The van der Waals surface area contributed by atoms with Gasteiger partial charge in [-0.05, 0) is 35.7 Å². The number of anilines is 1. The molecule has 0 aliphatic carbocycles. The van der Waals surface area contributed by atoms with Gasteiger partial charge in [0, 0.05) is 5.69 Å². The summed E-state index contributed by atoms with van der Waals surface area (Å²) in [5.41, 5.74) is 8.00. The van der Waals surface area contributed by atoms with E-state index in [2.05, 4.69) is 0 Å². The Morgan fingerprint density at radius 1 is 1.19 bits per heavy atom. The zero-order chi connectivity index (χ0) is 14.8. The van der Waals surface area contributed by atoms with Crippen molar-refractivity contribution in [1.82, 2.24) is 0 Å². The first kappa shape index (κ1) is 13.3. The lowest BCUT2D eigenvalue weighted by Gasteiger charge is -2.14. The Balaban J connectivity index is 1.92. The zero-order valence-electron chi connectivity index (χ0n) is 11.3. The highest BCUT2D eigenvalue weighted by atomic mass is 16.7. The minimum atomic E-state index is -0.892. The monoisotopic (exact) mass is 285 g/mol. The molecule has 1 aliphatic rings. The molecule has 3 N–H and O–H groups in total. The highest BCUT2D eigenvalue weighted by Crippen LogP contribution is 2.35. The van der Waals surface area contributed by atoms with Crippen LogP contribution >= 0.6 is 0 Å². The SMILES string of the molecule is Nc1ccccc1CC(C(=O)O)c1ccc2c(c1)OCO2. The third-order valence-corrected chi connectivity index (χ3v) is 3.58. The number of para-hydroxylation sites is 1. The van der Waals surface area contributed by atoms with Crippen LogP contribution in [0.2, 0.25) is 0 Å². The van der Waals surface area contributed by atoms with E-state index in [4.69, 9.17) is 15.2 Å². The van der Waals surface area contributed by atoms with E-state index in [1.54, 1.807) is 24.3 Å². The van der Waals surface area contributed by atoms with Gasteiger partial charge in [0.05, 0.1) is 5.92 Å². The fourth-order valence-corrected chi connectivity index (χ4v) is 2.42. The number of carboxylic acid groups (broad SMARTS) is 1. The lowest BCUT2D eigenvalue weighted by Crippen LogP contribution is -2.15. The Labute approximate surface area is 121 Å². The summed E-state index contributed by atoms with van der Waals surface area (Å²) in [6.45, 7) is 0.169.